The first kappa shape index (κ1) is 10.8. The van der Waals surface area contributed by atoms with E-state index in [9.17, 15) is 0 Å². The van der Waals surface area contributed by atoms with Crippen LogP contribution in [0, 0.1) is 6.92 Å². The van der Waals surface area contributed by atoms with Gasteiger partial charge >= 0.3 is 0 Å². The van der Waals surface area contributed by atoms with E-state index in [4.69, 9.17) is 5.73 Å². The van der Waals surface area contributed by atoms with Gasteiger partial charge in [0.2, 0.25) is 5.95 Å². The Morgan fingerprint density at radius 3 is 2.94 bits per heavy atom. The summed E-state index contributed by atoms with van der Waals surface area (Å²) in [6.45, 7) is 3.27. The fraction of sp³-hybridized carbons (Fsp3) is 0.500. The Morgan fingerprint density at radius 1 is 1.50 bits per heavy atom. The smallest absolute Gasteiger partial charge is 0.225 e. The zero-order valence-electron chi connectivity index (χ0n) is 9.80. The molecule has 0 bridgehead atoms. The van der Waals surface area contributed by atoms with E-state index in [1.807, 2.05) is 25.9 Å². The Hall–Kier alpha value is -1.69. The molecule has 2 rings (SSSR count). The van der Waals surface area contributed by atoms with Crippen molar-refractivity contribution in [2.45, 2.75) is 6.92 Å². The summed E-state index contributed by atoms with van der Waals surface area (Å²) in [6.07, 6.45) is 1.80. The lowest BCUT2D eigenvalue weighted by Gasteiger charge is -2.15. The molecule has 0 aliphatic heterocycles. The molecule has 2 N–H and O–H groups in total. The molecule has 6 nitrogen and oxygen atoms in total. The Morgan fingerprint density at radius 2 is 2.25 bits per heavy atom. The van der Waals surface area contributed by atoms with Crippen molar-refractivity contribution in [1.82, 2.24) is 19.7 Å². The van der Waals surface area contributed by atoms with Crippen LogP contribution in [0.4, 0.5) is 5.95 Å². The first-order valence-corrected chi connectivity index (χ1v) is 5.21. The van der Waals surface area contributed by atoms with Crippen molar-refractivity contribution in [3.63, 3.8) is 0 Å². The van der Waals surface area contributed by atoms with Gasteiger partial charge in [0.25, 0.3) is 0 Å². The first-order chi connectivity index (χ1) is 7.63. The van der Waals surface area contributed by atoms with Gasteiger partial charge in [-0.25, -0.2) is 9.97 Å². The van der Waals surface area contributed by atoms with E-state index in [1.54, 1.807) is 10.9 Å². The Bertz CT molecular complexity index is 503. The van der Waals surface area contributed by atoms with Gasteiger partial charge in [0.15, 0.2) is 0 Å². The predicted molar refractivity (Wildman–Crippen MR) is 63.4 cm³/mol. The minimum Gasteiger partial charge on any atom is -0.343 e. The molecule has 2 aromatic heterocycles. The van der Waals surface area contributed by atoms with Crippen LogP contribution in [0.15, 0.2) is 6.20 Å². The highest BCUT2D eigenvalue weighted by molar-refractivity contribution is 5.77. The summed E-state index contributed by atoms with van der Waals surface area (Å²) in [7, 11) is 3.82. The molecule has 0 amide bonds. The Balaban J connectivity index is 2.47. The molecule has 0 unspecified atom stereocenters. The number of hydrogen-bond acceptors (Lipinski definition) is 5. The molecule has 2 heterocycles. The lowest BCUT2D eigenvalue weighted by Crippen LogP contribution is -2.26. The molecule has 0 aliphatic rings. The largest absolute Gasteiger partial charge is 0.343 e. The van der Waals surface area contributed by atoms with Crippen LogP contribution in [-0.4, -0.2) is 39.9 Å². The fourth-order valence-corrected chi connectivity index (χ4v) is 1.67. The maximum absolute atomic E-state index is 5.50. The van der Waals surface area contributed by atoms with Crippen molar-refractivity contribution in [2.75, 3.05) is 25.0 Å². The number of nitrogens with zero attached hydrogens (tertiary/aromatic N) is 5. The molecule has 0 aromatic carbocycles. The summed E-state index contributed by atoms with van der Waals surface area (Å²) in [5.41, 5.74) is 8.26. The number of anilines is 1. The van der Waals surface area contributed by atoms with Crippen LogP contribution in [-0.2, 0) is 7.05 Å². The van der Waals surface area contributed by atoms with Crippen molar-refractivity contribution < 1.29 is 0 Å². The number of aryl methyl sites for hydroxylation is 2. The maximum Gasteiger partial charge on any atom is 0.225 e. The maximum atomic E-state index is 5.50. The quantitative estimate of drug-likeness (QED) is 0.792. The van der Waals surface area contributed by atoms with E-state index in [0.717, 1.165) is 23.3 Å². The van der Waals surface area contributed by atoms with E-state index in [1.165, 1.54) is 0 Å². The van der Waals surface area contributed by atoms with Crippen molar-refractivity contribution in [3.05, 3.63) is 11.9 Å². The van der Waals surface area contributed by atoms with Gasteiger partial charge in [0.1, 0.15) is 11.0 Å². The molecular formula is C10H16N6. The van der Waals surface area contributed by atoms with E-state index in [-0.39, 0.29) is 0 Å². The average molecular weight is 220 g/mol. The van der Waals surface area contributed by atoms with Gasteiger partial charge < -0.3 is 10.6 Å². The molecule has 0 radical (unpaired) electrons. The van der Waals surface area contributed by atoms with E-state index in [2.05, 4.69) is 15.1 Å². The number of hydrogen-bond donors (Lipinski definition) is 1. The van der Waals surface area contributed by atoms with Crippen LogP contribution in [0.3, 0.4) is 0 Å². The number of aromatic nitrogens is 4. The van der Waals surface area contributed by atoms with Crippen LogP contribution >= 0.6 is 0 Å². The van der Waals surface area contributed by atoms with Gasteiger partial charge in [-0.3, -0.25) is 4.68 Å². The van der Waals surface area contributed by atoms with Crippen molar-refractivity contribution >= 4 is 17.0 Å². The summed E-state index contributed by atoms with van der Waals surface area (Å²) in [6, 6.07) is 0. The molecule has 16 heavy (non-hydrogen) atoms. The Labute approximate surface area is 94.1 Å². The second kappa shape index (κ2) is 4.05. The van der Waals surface area contributed by atoms with Crippen LogP contribution in [0.2, 0.25) is 0 Å². The van der Waals surface area contributed by atoms with Crippen molar-refractivity contribution in [3.8, 4) is 0 Å². The summed E-state index contributed by atoms with van der Waals surface area (Å²) in [5, 5.41) is 4.31. The zero-order valence-corrected chi connectivity index (χ0v) is 9.80. The lowest BCUT2D eigenvalue weighted by molar-refractivity contribution is 0.781. The summed E-state index contributed by atoms with van der Waals surface area (Å²) < 4.78 is 1.79. The van der Waals surface area contributed by atoms with Crippen molar-refractivity contribution in [2.24, 2.45) is 12.8 Å². The highest BCUT2D eigenvalue weighted by atomic mass is 15.3. The number of rotatable bonds is 3. The minimum absolute atomic E-state index is 0.587. The number of nitrogens with two attached hydrogens (primary N) is 1. The number of likely N-dealkylation sites (N-methyl/N-ethyl adjacent to an activating group) is 1. The second-order valence-electron chi connectivity index (χ2n) is 3.82. The van der Waals surface area contributed by atoms with E-state index < -0.39 is 0 Å². The van der Waals surface area contributed by atoms with Crippen LogP contribution in [0.25, 0.3) is 11.0 Å². The van der Waals surface area contributed by atoms with Gasteiger partial charge in [0.05, 0.1) is 11.9 Å². The third kappa shape index (κ3) is 1.71. The number of fused-ring (bicyclic) bond motifs is 1. The zero-order chi connectivity index (χ0) is 11.7. The topological polar surface area (TPSA) is 72.9 Å². The van der Waals surface area contributed by atoms with Gasteiger partial charge in [-0.1, -0.05) is 0 Å². The third-order valence-electron chi connectivity index (χ3n) is 2.55. The summed E-state index contributed by atoms with van der Waals surface area (Å²) in [5.74, 6) is 0.689. The lowest BCUT2D eigenvalue weighted by atomic mass is 10.4. The highest BCUT2D eigenvalue weighted by Crippen LogP contribution is 2.16. The predicted octanol–water partition coefficient (Wildman–Crippen LogP) is 0.0666. The molecule has 0 atom stereocenters. The normalized spacial score (nSPS) is 11.0. The molecule has 6 heteroatoms. The molecule has 0 spiro atoms. The fourth-order valence-electron chi connectivity index (χ4n) is 1.67. The standard InChI is InChI=1S/C10H16N6/c1-7-9-8(16(3)14-7)6-12-10(13-9)15(2)5-4-11/h6H,4-5,11H2,1-3H3. The first-order valence-electron chi connectivity index (χ1n) is 5.21. The van der Waals surface area contributed by atoms with Crippen LogP contribution < -0.4 is 10.6 Å². The van der Waals surface area contributed by atoms with Crippen LogP contribution in [0.1, 0.15) is 5.69 Å². The van der Waals surface area contributed by atoms with Gasteiger partial charge in [-0.2, -0.15) is 5.10 Å². The van der Waals surface area contributed by atoms with Crippen LogP contribution in [0.5, 0.6) is 0 Å². The van der Waals surface area contributed by atoms with E-state index in [0.29, 0.717) is 12.5 Å². The SMILES string of the molecule is Cc1nn(C)c2cnc(N(C)CCN)nc12. The summed E-state index contributed by atoms with van der Waals surface area (Å²) in [4.78, 5) is 10.7. The van der Waals surface area contributed by atoms with E-state index >= 15 is 0 Å². The molecule has 86 valence electrons. The second-order valence-corrected chi connectivity index (χ2v) is 3.82. The van der Waals surface area contributed by atoms with Crippen molar-refractivity contribution in [1.29, 1.82) is 0 Å². The molecule has 0 fully saturated rings. The average Bonchev–Trinajstić information content (AvgIpc) is 2.55. The monoisotopic (exact) mass is 220 g/mol. The van der Waals surface area contributed by atoms with Gasteiger partial charge in [0, 0.05) is 27.2 Å². The minimum atomic E-state index is 0.587. The molecule has 0 aliphatic carbocycles. The highest BCUT2D eigenvalue weighted by Gasteiger charge is 2.10. The summed E-state index contributed by atoms with van der Waals surface area (Å²) >= 11 is 0. The van der Waals surface area contributed by atoms with Gasteiger partial charge in [-0.15, -0.1) is 0 Å². The molecular weight excluding hydrogens is 204 g/mol. The molecule has 2 aromatic rings. The molecule has 0 saturated heterocycles. The molecule has 0 saturated carbocycles. The van der Waals surface area contributed by atoms with Gasteiger partial charge in [-0.05, 0) is 6.92 Å². The Kier molecular flexibility index (Phi) is 2.74. The third-order valence-corrected chi connectivity index (χ3v) is 2.55.